The molecule has 0 aliphatic carbocycles. The SMILES string of the molecule is C=CC(=O)N1CCCC(c2ccc3cnc(Nc4ccc(N5CCN(C)CC5)cc4)nn23)C1. The molecule has 1 N–H and O–H groups in total. The molecule has 0 saturated carbocycles. The van der Waals surface area contributed by atoms with Gasteiger partial charge in [0.15, 0.2) is 0 Å². The van der Waals surface area contributed by atoms with E-state index < -0.39 is 0 Å². The molecule has 2 aliphatic rings. The maximum Gasteiger partial charge on any atom is 0.245 e. The average Bonchev–Trinajstić information content (AvgIpc) is 3.28. The summed E-state index contributed by atoms with van der Waals surface area (Å²) < 4.78 is 1.96. The summed E-state index contributed by atoms with van der Waals surface area (Å²) >= 11 is 0. The molecule has 1 aromatic carbocycles. The van der Waals surface area contributed by atoms with Crippen molar-refractivity contribution in [1.82, 2.24) is 24.4 Å². The van der Waals surface area contributed by atoms with E-state index in [1.807, 2.05) is 21.7 Å². The van der Waals surface area contributed by atoms with Crippen molar-refractivity contribution in [3.8, 4) is 0 Å². The summed E-state index contributed by atoms with van der Waals surface area (Å²) in [7, 11) is 2.17. The molecule has 1 atom stereocenters. The minimum absolute atomic E-state index is 0.00226. The number of anilines is 3. The van der Waals surface area contributed by atoms with Crippen LogP contribution in [0.5, 0.6) is 0 Å². The molecule has 1 amide bonds. The lowest BCUT2D eigenvalue weighted by Gasteiger charge is -2.34. The molecule has 172 valence electrons. The molecule has 2 fully saturated rings. The van der Waals surface area contributed by atoms with Crippen molar-refractivity contribution in [2.75, 3.05) is 56.5 Å². The van der Waals surface area contributed by atoms with Gasteiger partial charge in [-0.25, -0.2) is 9.50 Å². The van der Waals surface area contributed by atoms with E-state index in [0.29, 0.717) is 12.5 Å². The van der Waals surface area contributed by atoms with Crippen LogP contribution >= 0.6 is 0 Å². The van der Waals surface area contributed by atoms with E-state index >= 15 is 0 Å². The van der Waals surface area contributed by atoms with Gasteiger partial charge in [-0.3, -0.25) is 4.79 Å². The second kappa shape index (κ2) is 9.23. The number of nitrogens with zero attached hydrogens (tertiary/aromatic N) is 6. The largest absolute Gasteiger partial charge is 0.369 e. The molecule has 0 spiro atoms. The van der Waals surface area contributed by atoms with E-state index in [4.69, 9.17) is 5.10 Å². The molecule has 0 bridgehead atoms. The van der Waals surface area contributed by atoms with Crippen LogP contribution in [-0.4, -0.2) is 76.6 Å². The second-order valence-electron chi connectivity index (χ2n) is 8.97. The number of likely N-dealkylation sites (tertiary alicyclic amines) is 1. The molecular weight excluding hydrogens is 414 g/mol. The van der Waals surface area contributed by atoms with Crippen molar-refractivity contribution in [1.29, 1.82) is 0 Å². The third-order valence-corrected chi connectivity index (χ3v) is 6.75. The van der Waals surface area contributed by atoms with Crippen molar-refractivity contribution >= 4 is 28.7 Å². The summed E-state index contributed by atoms with van der Waals surface area (Å²) in [6, 6.07) is 12.6. The van der Waals surface area contributed by atoms with E-state index in [9.17, 15) is 4.79 Å². The fourth-order valence-corrected chi connectivity index (χ4v) is 4.79. The third-order valence-electron chi connectivity index (χ3n) is 6.75. The van der Waals surface area contributed by atoms with Crippen LogP contribution in [0.3, 0.4) is 0 Å². The number of aromatic nitrogens is 3. The number of amides is 1. The first kappa shape index (κ1) is 21.5. The maximum atomic E-state index is 12.1. The Kier molecular flexibility index (Phi) is 6.00. The minimum atomic E-state index is -0.00226. The fourth-order valence-electron chi connectivity index (χ4n) is 4.79. The van der Waals surface area contributed by atoms with Gasteiger partial charge >= 0.3 is 0 Å². The Morgan fingerprint density at radius 2 is 1.88 bits per heavy atom. The van der Waals surface area contributed by atoms with Gasteiger partial charge < -0.3 is 20.0 Å². The highest BCUT2D eigenvalue weighted by Crippen LogP contribution is 2.28. The molecule has 0 radical (unpaired) electrons. The highest BCUT2D eigenvalue weighted by atomic mass is 16.2. The highest BCUT2D eigenvalue weighted by molar-refractivity contribution is 5.87. The lowest BCUT2D eigenvalue weighted by molar-refractivity contribution is -0.127. The van der Waals surface area contributed by atoms with Crippen LogP contribution in [0.2, 0.25) is 0 Å². The zero-order valence-corrected chi connectivity index (χ0v) is 19.2. The molecule has 2 aromatic heterocycles. The molecule has 5 rings (SSSR count). The van der Waals surface area contributed by atoms with Gasteiger partial charge in [-0.05, 0) is 62.4 Å². The Bertz CT molecular complexity index is 1130. The van der Waals surface area contributed by atoms with Gasteiger partial charge in [0.05, 0.1) is 11.7 Å². The quantitative estimate of drug-likeness (QED) is 0.609. The Hall–Kier alpha value is -3.39. The molecule has 2 aliphatic heterocycles. The zero-order chi connectivity index (χ0) is 22.8. The van der Waals surface area contributed by atoms with Crippen LogP contribution in [0.1, 0.15) is 24.5 Å². The standard InChI is InChI=1S/C25H31N7O/c1-3-24(33)31-12-4-5-19(18-31)23-11-10-22-17-26-25(28-32(22)23)27-20-6-8-21(9-7-20)30-15-13-29(2)14-16-30/h3,6-11,17,19H,1,4-5,12-16,18H2,2H3,(H,27,28). The fraction of sp³-hybridized carbons (Fsp3) is 0.400. The van der Waals surface area contributed by atoms with E-state index in [2.05, 4.69) is 64.1 Å². The van der Waals surface area contributed by atoms with Crippen LogP contribution in [0.15, 0.2) is 55.3 Å². The van der Waals surface area contributed by atoms with Crippen molar-refractivity contribution in [3.05, 3.63) is 60.9 Å². The number of nitrogens with one attached hydrogen (secondary N) is 1. The number of hydrogen-bond acceptors (Lipinski definition) is 6. The van der Waals surface area contributed by atoms with Gasteiger partial charge in [-0.15, -0.1) is 5.10 Å². The number of hydrogen-bond donors (Lipinski definition) is 1. The van der Waals surface area contributed by atoms with E-state index in [1.165, 1.54) is 11.8 Å². The number of carbonyl (C=O) groups excluding carboxylic acids is 1. The van der Waals surface area contributed by atoms with E-state index in [-0.39, 0.29) is 11.8 Å². The van der Waals surface area contributed by atoms with Gasteiger partial charge in [0.25, 0.3) is 0 Å². The average molecular weight is 446 g/mol. The van der Waals surface area contributed by atoms with Gasteiger partial charge in [0.1, 0.15) is 0 Å². The monoisotopic (exact) mass is 445 g/mol. The lowest BCUT2D eigenvalue weighted by atomic mass is 9.95. The predicted octanol–water partition coefficient (Wildman–Crippen LogP) is 3.12. The van der Waals surface area contributed by atoms with Gasteiger partial charge in [-0.2, -0.15) is 0 Å². The number of likely N-dealkylation sites (N-methyl/N-ethyl adjacent to an activating group) is 1. The summed E-state index contributed by atoms with van der Waals surface area (Å²) in [5.74, 6) is 0.801. The Labute approximate surface area is 194 Å². The Morgan fingerprint density at radius 3 is 2.64 bits per heavy atom. The highest BCUT2D eigenvalue weighted by Gasteiger charge is 2.26. The molecule has 4 heterocycles. The molecule has 2 saturated heterocycles. The van der Waals surface area contributed by atoms with E-state index in [1.54, 1.807) is 0 Å². The van der Waals surface area contributed by atoms with Gasteiger partial charge in [0.2, 0.25) is 11.9 Å². The summed E-state index contributed by atoms with van der Waals surface area (Å²) in [6.07, 6.45) is 5.26. The second-order valence-corrected chi connectivity index (χ2v) is 8.97. The Morgan fingerprint density at radius 1 is 1.09 bits per heavy atom. The minimum Gasteiger partial charge on any atom is -0.369 e. The first-order chi connectivity index (χ1) is 16.1. The number of piperidine rings is 1. The maximum absolute atomic E-state index is 12.1. The summed E-state index contributed by atoms with van der Waals surface area (Å²) in [6.45, 7) is 9.40. The third kappa shape index (κ3) is 4.57. The van der Waals surface area contributed by atoms with E-state index in [0.717, 1.165) is 62.5 Å². The van der Waals surface area contributed by atoms with Crippen LogP contribution in [0, 0.1) is 0 Å². The first-order valence-electron chi connectivity index (χ1n) is 11.7. The predicted molar refractivity (Wildman–Crippen MR) is 131 cm³/mol. The van der Waals surface area contributed by atoms with Crippen LogP contribution in [0.4, 0.5) is 17.3 Å². The van der Waals surface area contributed by atoms with Gasteiger partial charge in [0, 0.05) is 62.3 Å². The van der Waals surface area contributed by atoms with Crippen molar-refractivity contribution in [2.24, 2.45) is 0 Å². The van der Waals surface area contributed by atoms with Crippen LogP contribution < -0.4 is 10.2 Å². The van der Waals surface area contributed by atoms with Crippen molar-refractivity contribution in [2.45, 2.75) is 18.8 Å². The molecule has 33 heavy (non-hydrogen) atoms. The summed E-state index contributed by atoms with van der Waals surface area (Å²) in [5, 5.41) is 8.11. The molecular formula is C25H31N7O. The van der Waals surface area contributed by atoms with Crippen LogP contribution in [0.25, 0.3) is 5.52 Å². The van der Waals surface area contributed by atoms with Crippen LogP contribution in [-0.2, 0) is 4.79 Å². The van der Waals surface area contributed by atoms with Crippen molar-refractivity contribution < 1.29 is 4.79 Å². The van der Waals surface area contributed by atoms with Gasteiger partial charge in [-0.1, -0.05) is 6.58 Å². The summed E-state index contributed by atoms with van der Waals surface area (Å²) in [4.78, 5) is 23.3. The first-order valence-corrected chi connectivity index (χ1v) is 11.7. The molecule has 1 unspecified atom stereocenters. The number of fused-ring (bicyclic) bond motifs is 1. The lowest BCUT2D eigenvalue weighted by Crippen LogP contribution is -2.44. The van der Waals surface area contributed by atoms with Crippen molar-refractivity contribution in [3.63, 3.8) is 0 Å². The smallest absolute Gasteiger partial charge is 0.245 e. The number of piperazine rings is 1. The topological polar surface area (TPSA) is 69.0 Å². The Balaban J connectivity index is 1.31. The number of benzene rings is 1. The molecule has 3 aromatic rings. The number of carbonyl (C=O) groups is 1. The summed E-state index contributed by atoms with van der Waals surface area (Å²) in [5.41, 5.74) is 4.27. The zero-order valence-electron chi connectivity index (χ0n) is 19.2. The normalized spacial score (nSPS) is 19.6. The molecule has 8 heteroatoms. The number of rotatable bonds is 5. The molecule has 8 nitrogen and oxygen atoms in total.